The Bertz CT molecular complexity index is 1080. The number of nitrogens with zero attached hydrogens (tertiary/aromatic N) is 2. The summed E-state index contributed by atoms with van der Waals surface area (Å²) < 4.78 is 32.0. The first-order valence-corrected chi connectivity index (χ1v) is 12.1. The monoisotopic (exact) mass is 457 g/mol. The van der Waals surface area contributed by atoms with Crippen LogP contribution >= 0.6 is 0 Å². The van der Waals surface area contributed by atoms with Crippen molar-refractivity contribution in [3.63, 3.8) is 0 Å². The zero-order valence-electron chi connectivity index (χ0n) is 18.0. The molecule has 1 unspecified atom stereocenters. The number of carbonyl (C=O) groups is 2. The first-order valence-electron chi connectivity index (χ1n) is 10.7. The minimum atomic E-state index is -3.59. The van der Waals surface area contributed by atoms with Crippen LogP contribution in [0, 0.1) is 12.8 Å². The van der Waals surface area contributed by atoms with Gasteiger partial charge in [0, 0.05) is 49.8 Å². The molecule has 0 spiro atoms. The van der Waals surface area contributed by atoms with Crippen LogP contribution in [0.15, 0.2) is 53.4 Å². The van der Waals surface area contributed by atoms with Gasteiger partial charge >= 0.3 is 0 Å². The van der Waals surface area contributed by atoms with E-state index in [0.29, 0.717) is 51.4 Å². The Hall–Kier alpha value is -2.75. The third-order valence-electron chi connectivity index (χ3n) is 5.83. The van der Waals surface area contributed by atoms with Gasteiger partial charge in [0.2, 0.25) is 15.9 Å². The molecule has 0 aromatic heterocycles. The number of aryl methyl sites for hydroxylation is 1. The quantitative estimate of drug-likeness (QED) is 0.714. The van der Waals surface area contributed by atoms with Crippen molar-refractivity contribution in [3.05, 3.63) is 59.7 Å². The smallest absolute Gasteiger partial charge is 0.251 e. The summed E-state index contributed by atoms with van der Waals surface area (Å²) in [6.07, 6.45) is 0.380. The van der Waals surface area contributed by atoms with Crippen molar-refractivity contribution >= 4 is 27.5 Å². The number of anilines is 1. The average Bonchev–Trinajstić information content (AvgIpc) is 3.19. The molecule has 2 saturated heterocycles. The minimum absolute atomic E-state index is 0.0220. The zero-order valence-corrected chi connectivity index (χ0v) is 18.8. The lowest BCUT2D eigenvalue weighted by Crippen LogP contribution is -2.40. The molecule has 2 heterocycles. The Balaban J connectivity index is 1.33. The number of hydrogen-bond acceptors (Lipinski definition) is 5. The molecule has 2 fully saturated rings. The third kappa shape index (κ3) is 4.85. The SMILES string of the molecule is Cc1ccc(N2CC(CNC(=O)c3ccc(S(=O)(=O)N4CCOCC4)cc3)CC2=O)cc1. The van der Waals surface area contributed by atoms with Crippen molar-refractivity contribution in [3.8, 4) is 0 Å². The van der Waals surface area contributed by atoms with E-state index in [0.717, 1.165) is 11.3 Å². The molecule has 2 aromatic carbocycles. The topological polar surface area (TPSA) is 96.0 Å². The van der Waals surface area contributed by atoms with Gasteiger partial charge < -0.3 is 15.0 Å². The number of morpholine rings is 1. The number of amides is 2. The van der Waals surface area contributed by atoms with Crippen LogP contribution in [0.25, 0.3) is 0 Å². The van der Waals surface area contributed by atoms with Crippen LogP contribution in [-0.4, -0.2) is 63.9 Å². The molecule has 0 aliphatic carbocycles. The Morgan fingerprint density at radius 3 is 2.38 bits per heavy atom. The van der Waals surface area contributed by atoms with E-state index in [2.05, 4.69) is 5.32 Å². The van der Waals surface area contributed by atoms with Gasteiger partial charge in [-0.05, 0) is 43.3 Å². The second kappa shape index (κ2) is 9.40. The van der Waals surface area contributed by atoms with Crippen LogP contribution in [0.3, 0.4) is 0 Å². The van der Waals surface area contributed by atoms with Crippen molar-refractivity contribution in [2.75, 3.05) is 44.3 Å². The number of nitrogens with one attached hydrogen (secondary N) is 1. The van der Waals surface area contributed by atoms with Crippen molar-refractivity contribution in [2.24, 2.45) is 5.92 Å². The average molecular weight is 458 g/mol. The van der Waals surface area contributed by atoms with Crippen LogP contribution in [0.4, 0.5) is 5.69 Å². The summed E-state index contributed by atoms with van der Waals surface area (Å²) >= 11 is 0. The highest BCUT2D eigenvalue weighted by atomic mass is 32.2. The molecule has 0 saturated carbocycles. The highest BCUT2D eigenvalue weighted by Crippen LogP contribution is 2.25. The fraction of sp³-hybridized carbons (Fsp3) is 0.391. The van der Waals surface area contributed by atoms with Crippen LogP contribution < -0.4 is 10.2 Å². The Morgan fingerprint density at radius 1 is 1.06 bits per heavy atom. The van der Waals surface area contributed by atoms with E-state index in [1.54, 1.807) is 4.90 Å². The first kappa shape index (κ1) is 22.4. The van der Waals surface area contributed by atoms with E-state index in [9.17, 15) is 18.0 Å². The van der Waals surface area contributed by atoms with Gasteiger partial charge in [0.05, 0.1) is 18.1 Å². The number of carbonyl (C=O) groups excluding carboxylic acids is 2. The normalized spacial score (nSPS) is 19.8. The second-order valence-corrected chi connectivity index (χ2v) is 10.1. The van der Waals surface area contributed by atoms with Crippen molar-refractivity contribution in [1.82, 2.24) is 9.62 Å². The molecule has 170 valence electrons. The molecular weight excluding hydrogens is 430 g/mol. The van der Waals surface area contributed by atoms with E-state index in [4.69, 9.17) is 4.74 Å². The van der Waals surface area contributed by atoms with Gasteiger partial charge in [0.1, 0.15) is 0 Å². The highest BCUT2D eigenvalue weighted by Gasteiger charge is 2.31. The van der Waals surface area contributed by atoms with E-state index in [1.165, 1.54) is 28.6 Å². The predicted octanol–water partition coefficient (Wildman–Crippen LogP) is 1.80. The molecule has 2 aliphatic rings. The lowest BCUT2D eigenvalue weighted by molar-refractivity contribution is -0.117. The minimum Gasteiger partial charge on any atom is -0.379 e. The molecule has 1 N–H and O–H groups in total. The van der Waals surface area contributed by atoms with Crippen molar-refractivity contribution in [1.29, 1.82) is 0 Å². The molecule has 0 bridgehead atoms. The molecule has 8 nitrogen and oxygen atoms in total. The maximum Gasteiger partial charge on any atom is 0.251 e. The van der Waals surface area contributed by atoms with Crippen LogP contribution in [0.5, 0.6) is 0 Å². The van der Waals surface area contributed by atoms with Crippen LogP contribution in [0.1, 0.15) is 22.3 Å². The number of sulfonamides is 1. The fourth-order valence-electron chi connectivity index (χ4n) is 3.95. The lowest BCUT2D eigenvalue weighted by Gasteiger charge is -2.26. The van der Waals surface area contributed by atoms with Gasteiger partial charge in [0.25, 0.3) is 5.91 Å². The molecule has 2 amide bonds. The first-order chi connectivity index (χ1) is 15.3. The third-order valence-corrected chi connectivity index (χ3v) is 7.74. The van der Waals surface area contributed by atoms with Gasteiger partial charge in [-0.1, -0.05) is 17.7 Å². The molecule has 2 aromatic rings. The summed E-state index contributed by atoms with van der Waals surface area (Å²) in [6.45, 7) is 4.34. The number of hydrogen-bond donors (Lipinski definition) is 1. The Morgan fingerprint density at radius 2 is 1.72 bits per heavy atom. The molecule has 2 aliphatic heterocycles. The van der Waals surface area contributed by atoms with E-state index in [1.807, 2.05) is 31.2 Å². The molecule has 1 atom stereocenters. The Labute approximate surface area is 188 Å². The molecular formula is C23H27N3O5S. The Kier molecular flexibility index (Phi) is 6.59. The number of rotatable bonds is 6. The van der Waals surface area contributed by atoms with Gasteiger partial charge in [0.15, 0.2) is 0 Å². The zero-order chi connectivity index (χ0) is 22.7. The van der Waals surface area contributed by atoms with Crippen LogP contribution in [-0.2, 0) is 19.6 Å². The molecule has 4 rings (SSSR count). The van der Waals surface area contributed by atoms with Crippen molar-refractivity contribution < 1.29 is 22.7 Å². The van der Waals surface area contributed by atoms with Crippen molar-refractivity contribution in [2.45, 2.75) is 18.2 Å². The van der Waals surface area contributed by atoms with Gasteiger partial charge in [-0.3, -0.25) is 9.59 Å². The van der Waals surface area contributed by atoms with E-state index < -0.39 is 10.0 Å². The maximum absolute atomic E-state index is 12.7. The van der Waals surface area contributed by atoms with Gasteiger partial charge in [-0.2, -0.15) is 4.31 Å². The summed E-state index contributed by atoms with van der Waals surface area (Å²) in [5.74, 6) is -0.221. The fourth-order valence-corrected chi connectivity index (χ4v) is 5.35. The molecule has 32 heavy (non-hydrogen) atoms. The molecule has 0 radical (unpaired) electrons. The largest absolute Gasteiger partial charge is 0.379 e. The standard InChI is InChI=1S/C23H27N3O5S/c1-17-2-6-20(7-3-17)26-16-18(14-22(26)27)15-24-23(28)19-4-8-21(9-5-19)32(29,30)25-10-12-31-13-11-25/h2-9,18H,10-16H2,1H3,(H,24,28). The number of ether oxygens (including phenoxy) is 1. The van der Waals surface area contributed by atoms with Gasteiger partial charge in [-0.15, -0.1) is 0 Å². The summed E-state index contributed by atoms with van der Waals surface area (Å²) in [7, 11) is -3.59. The summed E-state index contributed by atoms with van der Waals surface area (Å²) in [6, 6.07) is 13.8. The maximum atomic E-state index is 12.7. The molecule has 9 heteroatoms. The summed E-state index contributed by atoms with van der Waals surface area (Å²) in [4.78, 5) is 26.8. The van der Waals surface area contributed by atoms with E-state index >= 15 is 0 Å². The van der Waals surface area contributed by atoms with E-state index in [-0.39, 0.29) is 22.6 Å². The van der Waals surface area contributed by atoms with Gasteiger partial charge in [-0.25, -0.2) is 8.42 Å². The van der Waals surface area contributed by atoms with Crippen LogP contribution in [0.2, 0.25) is 0 Å². The predicted molar refractivity (Wildman–Crippen MR) is 120 cm³/mol. The highest BCUT2D eigenvalue weighted by molar-refractivity contribution is 7.89. The number of benzene rings is 2. The second-order valence-electron chi connectivity index (χ2n) is 8.16. The summed E-state index contributed by atoms with van der Waals surface area (Å²) in [5, 5.41) is 2.87. The lowest BCUT2D eigenvalue weighted by atomic mass is 10.1. The summed E-state index contributed by atoms with van der Waals surface area (Å²) in [5.41, 5.74) is 2.38.